The number of rotatable bonds is 6. The molecule has 1 rings (SSSR count). The number of hydrogen-bond acceptors (Lipinski definition) is 3. The van der Waals surface area contributed by atoms with Crippen LogP contribution < -0.4 is 15.8 Å². The van der Waals surface area contributed by atoms with Gasteiger partial charge in [-0.2, -0.15) is 13.2 Å². The maximum absolute atomic E-state index is 12.3. The van der Waals surface area contributed by atoms with E-state index in [0.29, 0.717) is 5.56 Å². The van der Waals surface area contributed by atoms with E-state index in [0.717, 1.165) is 5.56 Å². The molecule has 7 heteroatoms. The number of benzene rings is 1. The van der Waals surface area contributed by atoms with Gasteiger partial charge in [-0.25, -0.2) is 0 Å². The first kappa shape index (κ1) is 18.3. The first-order chi connectivity index (χ1) is 10.1. The minimum Gasteiger partial charge on any atom is -0.484 e. The number of amides is 1. The molecule has 124 valence electrons. The Balaban J connectivity index is 2.75. The topological polar surface area (TPSA) is 64.4 Å². The van der Waals surface area contributed by atoms with Crippen molar-refractivity contribution < 1.29 is 22.7 Å². The fourth-order valence-electron chi connectivity index (χ4n) is 1.70. The maximum Gasteiger partial charge on any atom is 0.422 e. The average molecular weight is 318 g/mol. The molecule has 1 aromatic rings. The van der Waals surface area contributed by atoms with Crippen LogP contribution in [0.4, 0.5) is 13.2 Å². The third-order valence-electron chi connectivity index (χ3n) is 3.09. The van der Waals surface area contributed by atoms with Crippen LogP contribution in [0.2, 0.25) is 0 Å². The van der Waals surface area contributed by atoms with E-state index in [4.69, 9.17) is 10.5 Å². The zero-order chi connectivity index (χ0) is 16.9. The molecular weight excluding hydrogens is 297 g/mol. The highest BCUT2D eigenvalue weighted by atomic mass is 19.4. The molecule has 0 bridgehead atoms. The highest BCUT2D eigenvalue weighted by Crippen LogP contribution is 2.23. The molecule has 1 aromatic carbocycles. The Kier molecular flexibility index (Phi) is 6.22. The van der Waals surface area contributed by atoms with Crippen molar-refractivity contribution in [2.45, 2.75) is 39.5 Å². The monoisotopic (exact) mass is 318 g/mol. The van der Waals surface area contributed by atoms with E-state index < -0.39 is 18.8 Å². The van der Waals surface area contributed by atoms with Gasteiger partial charge >= 0.3 is 6.18 Å². The van der Waals surface area contributed by atoms with Gasteiger partial charge in [-0.3, -0.25) is 4.79 Å². The normalized spacial score (nSPS) is 13.1. The van der Waals surface area contributed by atoms with Gasteiger partial charge < -0.3 is 15.8 Å². The second kappa shape index (κ2) is 7.49. The van der Waals surface area contributed by atoms with Gasteiger partial charge in [0.1, 0.15) is 5.75 Å². The van der Waals surface area contributed by atoms with E-state index in [1.165, 1.54) is 6.07 Å². The summed E-state index contributed by atoms with van der Waals surface area (Å²) in [6.45, 7) is 4.06. The standard InChI is InChI=1S/C15H21F3N2O2/c1-9(2)13(19)14(21)20-7-11-5-4-10(3)6-12(11)22-8-15(16,17)18/h4-6,9,13H,7-8,19H2,1-3H3,(H,20,21)/t13-/m0/s1. The van der Waals surface area contributed by atoms with Crippen LogP contribution in [0.5, 0.6) is 5.75 Å². The first-order valence-corrected chi connectivity index (χ1v) is 6.92. The number of nitrogens with one attached hydrogen (secondary N) is 1. The number of halogens is 3. The number of ether oxygens (including phenoxy) is 1. The third-order valence-corrected chi connectivity index (χ3v) is 3.09. The van der Waals surface area contributed by atoms with Gasteiger partial charge in [0.25, 0.3) is 0 Å². The van der Waals surface area contributed by atoms with E-state index >= 15 is 0 Å². The van der Waals surface area contributed by atoms with E-state index in [-0.39, 0.29) is 24.1 Å². The van der Waals surface area contributed by atoms with Crippen LogP contribution in [0.3, 0.4) is 0 Å². The quantitative estimate of drug-likeness (QED) is 0.847. The van der Waals surface area contributed by atoms with Crippen molar-refractivity contribution in [3.63, 3.8) is 0 Å². The third kappa shape index (κ3) is 5.93. The van der Waals surface area contributed by atoms with Crippen molar-refractivity contribution >= 4 is 5.91 Å². The van der Waals surface area contributed by atoms with Crippen LogP contribution in [0, 0.1) is 12.8 Å². The molecular formula is C15H21F3N2O2. The lowest BCUT2D eigenvalue weighted by molar-refractivity contribution is -0.153. The lowest BCUT2D eigenvalue weighted by Crippen LogP contribution is -2.43. The summed E-state index contributed by atoms with van der Waals surface area (Å²) < 4.78 is 41.6. The molecule has 0 aliphatic rings. The molecule has 0 heterocycles. The second-order valence-electron chi connectivity index (χ2n) is 5.50. The van der Waals surface area contributed by atoms with Gasteiger partial charge in [-0.15, -0.1) is 0 Å². The summed E-state index contributed by atoms with van der Waals surface area (Å²) >= 11 is 0. The first-order valence-electron chi connectivity index (χ1n) is 6.92. The lowest BCUT2D eigenvalue weighted by atomic mass is 10.0. The molecule has 0 aliphatic heterocycles. The summed E-state index contributed by atoms with van der Waals surface area (Å²) in [5.41, 5.74) is 6.95. The van der Waals surface area contributed by atoms with Crippen molar-refractivity contribution in [1.29, 1.82) is 0 Å². The summed E-state index contributed by atoms with van der Waals surface area (Å²) in [5, 5.41) is 2.61. The second-order valence-corrected chi connectivity index (χ2v) is 5.50. The number of aryl methyl sites for hydroxylation is 1. The van der Waals surface area contributed by atoms with Gasteiger partial charge in [-0.05, 0) is 24.5 Å². The van der Waals surface area contributed by atoms with Crippen molar-refractivity contribution in [3.05, 3.63) is 29.3 Å². The fourth-order valence-corrected chi connectivity index (χ4v) is 1.70. The Morgan fingerprint density at radius 1 is 1.36 bits per heavy atom. The molecule has 0 fully saturated rings. The summed E-state index contributed by atoms with van der Waals surface area (Å²) in [6.07, 6.45) is -4.41. The Morgan fingerprint density at radius 2 is 2.00 bits per heavy atom. The van der Waals surface area contributed by atoms with Gasteiger partial charge in [0, 0.05) is 12.1 Å². The molecule has 4 nitrogen and oxygen atoms in total. The molecule has 0 aromatic heterocycles. The van der Waals surface area contributed by atoms with Crippen LogP contribution in [0.15, 0.2) is 18.2 Å². The van der Waals surface area contributed by atoms with Crippen LogP contribution in [0.25, 0.3) is 0 Å². The fraction of sp³-hybridized carbons (Fsp3) is 0.533. The van der Waals surface area contributed by atoms with Crippen molar-refractivity contribution in [3.8, 4) is 5.75 Å². The molecule has 0 aliphatic carbocycles. The van der Waals surface area contributed by atoms with Crippen molar-refractivity contribution in [2.75, 3.05) is 6.61 Å². The summed E-state index contributed by atoms with van der Waals surface area (Å²) in [7, 11) is 0. The van der Waals surface area contributed by atoms with E-state index in [1.807, 2.05) is 13.8 Å². The van der Waals surface area contributed by atoms with Crippen molar-refractivity contribution in [1.82, 2.24) is 5.32 Å². The minimum atomic E-state index is -4.41. The van der Waals surface area contributed by atoms with Crippen LogP contribution in [-0.4, -0.2) is 24.7 Å². The lowest BCUT2D eigenvalue weighted by Gasteiger charge is -2.17. The van der Waals surface area contributed by atoms with Crippen LogP contribution in [-0.2, 0) is 11.3 Å². The van der Waals surface area contributed by atoms with Crippen molar-refractivity contribution in [2.24, 2.45) is 11.7 Å². The highest BCUT2D eigenvalue weighted by Gasteiger charge is 2.29. The number of nitrogens with two attached hydrogens (primary N) is 1. The molecule has 1 amide bonds. The summed E-state index contributed by atoms with van der Waals surface area (Å²) in [5.74, 6) is -0.271. The molecule has 0 radical (unpaired) electrons. The van der Waals surface area contributed by atoms with Crippen LogP contribution >= 0.6 is 0 Å². The number of carbonyl (C=O) groups is 1. The SMILES string of the molecule is Cc1ccc(CNC(=O)[C@@H](N)C(C)C)c(OCC(F)(F)F)c1. The molecule has 0 unspecified atom stereocenters. The highest BCUT2D eigenvalue weighted by molar-refractivity contribution is 5.81. The van der Waals surface area contributed by atoms with Gasteiger partial charge in [0.2, 0.25) is 5.91 Å². The Hall–Kier alpha value is -1.76. The van der Waals surface area contributed by atoms with E-state index in [2.05, 4.69) is 5.32 Å². The minimum absolute atomic E-state index is 0.0287. The molecule has 1 atom stereocenters. The Bertz CT molecular complexity index is 516. The average Bonchev–Trinajstić information content (AvgIpc) is 2.41. The smallest absolute Gasteiger partial charge is 0.422 e. The molecule has 22 heavy (non-hydrogen) atoms. The summed E-state index contributed by atoms with van der Waals surface area (Å²) in [4.78, 5) is 11.8. The molecule has 3 N–H and O–H groups in total. The number of alkyl halides is 3. The van der Waals surface area contributed by atoms with Gasteiger partial charge in [-0.1, -0.05) is 26.0 Å². The predicted molar refractivity (Wildman–Crippen MR) is 77.4 cm³/mol. The molecule has 0 saturated carbocycles. The Labute approximate surface area is 127 Å². The predicted octanol–water partition coefficient (Wildman–Crippen LogP) is 2.54. The zero-order valence-electron chi connectivity index (χ0n) is 12.8. The number of hydrogen-bond donors (Lipinski definition) is 2. The molecule has 0 saturated heterocycles. The zero-order valence-corrected chi connectivity index (χ0v) is 12.8. The van der Waals surface area contributed by atoms with Crippen LogP contribution in [0.1, 0.15) is 25.0 Å². The van der Waals surface area contributed by atoms with Gasteiger partial charge in [0.15, 0.2) is 6.61 Å². The van der Waals surface area contributed by atoms with E-state index in [1.54, 1.807) is 19.1 Å². The Morgan fingerprint density at radius 3 is 2.55 bits per heavy atom. The van der Waals surface area contributed by atoms with Gasteiger partial charge in [0.05, 0.1) is 6.04 Å². The van der Waals surface area contributed by atoms with E-state index in [9.17, 15) is 18.0 Å². The molecule has 0 spiro atoms. The number of carbonyl (C=O) groups excluding carboxylic acids is 1. The maximum atomic E-state index is 12.3. The largest absolute Gasteiger partial charge is 0.484 e. The summed E-state index contributed by atoms with van der Waals surface area (Å²) in [6, 6.07) is 4.22.